The second-order valence-electron chi connectivity index (χ2n) is 5.11. The van der Waals surface area contributed by atoms with Crippen LogP contribution >= 0.6 is 0 Å². The quantitative estimate of drug-likeness (QED) is 0.745. The lowest BCUT2D eigenvalue weighted by Crippen LogP contribution is -2.44. The molecule has 0 saturated carbocycles. The molecule has 1 atom stereocenters. The molecular weight excluding hydrogens is 266 g/mol. The van der Waals surface area contributed by atoms with Gasteiger partial charge in [0.1, 0.15) is 0 Å². The van der Waals surface area contributed by atoms with Gasteiger partial charge in [-0.1, -0.05) is 30.3 Å². The van der Waals surface area contributed by atoms with Gasteiger partial charge in [0.05, 0.1) is 6.04 Å². The van der Waals surface area contributed by atoms with Crippen LogP contribution in [-0.4, -0.2) is 49.9 Å². The smallest absolute Gasteiger partial charge is 0.237 e. The van der Waals surface area contributed by atoms with E-state index in [9.17, 15) is 9.59 Å². The minimum atomic E-state index is -0.245. The van der Waals surface area contributed by atoms with Gasteiger partial charge in [0, 0.05) is 26.6 Å². The summed E-state index contributed by atoms with van der Waals surface area (Å²) < 4.78 is 0. The Morgan fingerprint density at radius 1 is 1.24 bits per heavy atom. The SMILES string of the molecule is CNC(=O)CCN(C)[C@H](C)C(=O)NCCc1ccccc1. The molecule has 0 saturated heterocycles. The molecule has 0 unspecified atom stereocenters. The van der Waals surface area contributed by atoms with Crippen molar-refractivity contribution >= 4 is 11.8 Å². The number of carbonyl (C=O) groups excluding carboxylic acids is 2. The van der Waals surface area contributed by atoms with Crippen LogP contribution in [0.4, 0.5) is 0 Å². The molecule has 0 aliphatic carbocycles. The largest absolute Gasteiger partial charge is 0.359 e. The number of carbonyl (C=O) groups is 2. The van der Waals surface area contributed by atoms with E-state index >= 15 is 0 Å². The van der Waals surface area contributed by atoms with E-state index in [0.717, 1.165) is 6.42 Å². The summed E-state index contributed by atoms with van der Waals surface area (Å²) in [6, 6.07) is 9.81. The molecule has 2 N–H and O–H groups in total. The normalized spacial score (nSPS) is 12.0. The number of rotatable bonds is 8. The summed E-state index contributed by atoms with van der Waals surface area (Å²) in [6.07, 6.45) is 1.22. The molecule has 0 spiro atoms. The first-order valence-electron chi connectivity index (χ1n) is 7.27. The van der Waals surface area contributed by atoms with Crippen LogP contribution in [0.25, 0.3) is 0 Å². The zero-order valence-corrected chi connectivity index (χ0v) is 13.1. The monoisotopic (exact) mass is 291 g/mol. The summed E-state index contributed by atoms with van der Waals surface area (Å²) in [7, 11) is 3.46. The minimum Gasteiger partial charge on any atom is -0.359 e. The van der Waals surface area contributed by atoms with E-state index in [0.29, 0.717) is 19.5 Å². The molecule has 0 fully saturated rings. The Morgan fingerprint density at radius 2 is 1.90 bits per heavy atom. The van der Waals surface area contributed by atoms with Crippen molar-refractivity contribution in [3.8, 4) is 0 Å². The molecule has 0 heterocycles. The third-order valence-electron chi connectivity index (χ3n) is 3.57. The summed E-state index contributed by atoms with van der Waals surface area (Å²) in [5.41, 5.74) is 1.21. The summed E-state index contributed by atoms with van der Waals surface area (Å²) in [6.45, 7) is 3.03. The molecule has 5 nitrogen and oxygen atoms in total. The van der Waals surface area contributed by atoms with E-state index in [1.54, 1.807) is 7.05 Å². The molecule has 0 radical (unpaired) electrons. The number of nitrogens with zero attached hydrogens (tertiary/aromatic N) is 1. The Hall–Kier alpha value is -1.88. The van der Waals surface area contributed by atoms with Gasteiger partial charge in [-0.25, -0.2) is 0 Å². The molecule has 2 amide bonds. The Bertz CT molecular complexity index is 448. The zero-order chi connectivity index (χ0) is 15.7. The topological polar surface area (TPSA) is 61.4 Å². The predicted octanol–water partition coefficient (Wildman–Crippen LogP) is 0.802. The maximum atomic E-state index is 12.0. The molecule has 1 aromatic carbocycles. The molecule has 0 aliphatic heterocycles. The van der Waals surface area contributed by atoms with Gasteiger partial charge in [-0.2, -0.15) is 0 Å². The molecular formula is C16H25N3O2. The molecule has 0 aliphatic rings. The molecule has 0 aromatic heterocycles. The predicted molar refractivity (Wildman–Crippen MR) is 83.9 cm³/mol. The second kappa shape index (κ2) is 9.13. The number of hydrogen-bond donors (Lipinski definition) is 2. The Kier molecular flexibility index (Phi) is 7.46. The van der Waals surface area contributed by atoms with Crippen LogP contribution in [0.1, 0.15) is 18.9 Å². The zero-order valence-electron chi connectivity index (χ0n) is 13.1. The van der Waals surface area contributed by atoms with Gasteiger partial charge >= 0.3 is 0 Å². The van der Waals surface area contributed by atoms with E-state index in [1.165, 1.54) is 5.56 Å². The highest BCUT2D eigenvalue weighted by molar-refractivity contribution is 5.81. The fourth-order valence-corrected chi connectivity index (χ4v) is 1.92. The van der Waals surface area contributed by atoms with Crippen molar-refractivity contribution in [2.75, 3.05) is 27.2 Å². The van der Waals surface area contributed by atoms with E-state index < -0.39 is 0 Å². The third-order valence-corrected chi connectivity index (χ3v) is 3.57. The van der Waals surface area contributed by atoms with Gasteiger partial charge in [-0.3, -0.25) is 14.5 Å². The first kappa shape index (κ1) is 17.2. The van der Waals surface area contributed by atoms with Crippen molar-refractivity contribution in [3.05, 3.63) is 35.9 Å². The molecule has 116 valence electrons. The van der Waals surface area contributed by atoms with E-state index in [1.807, 2.05) is 49.2 Å². The maximum absolute atomic E-state index is 12.0. The van der Waals surface area contributed by atoms with Crippen LogP contribution in [0.2, 0.25) is 0 Å². The van der Waals surface area contributed by atoms with Crippen molar-refractivity contribution in [1.29, 1.82) is 0 Å². The third kappa shape index (κ3) is 6.40. The molecule has 5 heteroatoms. The van der Waals surface area contributed by atoms with Gasteiger partial charge in [-0.15, -0.1) is 0 Å². The first-order valence-corrected chi connectivity index (χ1v) is 7.27. The first-order chi connectivity index (χ1) is 10.0. The van der Waals surface area contributed by atoms with Crippen LogP contribution in [0, 0.1) is 0 Å². The van der Waals surface area contributed by atoms with E-state index in [-0.39, 0.29) is 17.9 Å². The molecule has 21 heavy (non-hydrogen) atoms. The van der Waals surface area contributed by atoms with Crippen molar-refractivity contribution < 1.29 is 9.59 Å². The molecule has 1 aromatic rings. The van der Waals surface area contributed by atoms with Crippen molar-refractivity contribution in [1.82, 2.24) is 15.5 Å². The van der Waals surface area contributed by atoms with Crippen LogP contribution in [0.5, 0.6) is 0 Å². The maximum Gasteiger partial charge on any atom is 0.237 e. The van der Waals surface area contributed by atoms with Crippen molar-refractivity contribution in [2.24, 2.45) is 0 Å². The van der Waals surface area contributed by atoms with Crippen LogP contribution in [0.15, 0.2) is 30.3 Å². The average Bonchev–Trinajstić information content (AvgIpc) is 2.52. The highest BCUT2D eigenvalue weighted by atomic mass is 16.2. The Labute approximate surface area is 126 Å². The summed E-state index contributed by atoms with van der Waals surface area (Å²) in [5.74, 6) is -0.0242. The summed E-state index contributed by atoms with van der Waals surface area (Å²) in [4.78, 5) is 25.1. The van der Waals surface area contributed by atoms with Gasteiger partial charge in [0.25, 0.3) is 0 Å². The average molecular weight is 291 g/mol. The fourth-order valence-electron chi connectivity index (χ4n) is 1.92. The van der Waals surface area contributed by atoms with Crippen LogP contribution < -0.4 is 10.6 Å². The minimum absolute atomic E-state index is 0.00895. The highest BCUT2D eigenvalue weighted by Gasteiger charge is 2.17. The lowest BCUT2D eigenvalue weighted by molar-refractivity contribution is -0.126. The fraction of sp³-hybridized carbons (Fsp3) is 0.500. The lowest BCUT2D eigenvalue weighted by Gasteiger charge is -2.23. The van der Waals surface area contributed by atoms with E-state index in [4.69, 9.17) is 0 Å². The lowest BCUT2D eigenvalue weighted by atomic mass is 10.1. The number of likely N-dealkylation sites (N-methyl/N-ethyl adjacent to an activating group) is 1. The second-order valence-corrected chi connectivity index (χ2v) is 5.11. The van der Waals surface area contributed by atoms with E-state index in [2.05, 4.69) is 10.6 Å². The van der Waals surface area contributed by atoms with Crippen molar-refractivity contribution in [2.45, 2.75) is 25.8 Å². The van der Waals surface area contributed by atoms with Crippen molar-refractivity contribution in [3.63, 3.8) is 0 Å². The van der Waals surface area contributed by atoms with Gasteiger partial charge in [0.15, 0.2) is 0 Å². The number of hydrogen-bond acceptors (Lipinski definition) is 3. The Balaban J connectivity index is 2.28. The van der Waals surface area contributed by atoms with Gasteiger partial charge < -0.3 is 10.6 Å². The number of benzene rings is 1. The van der Waals surface area contributed by atoms with Crippen LogP contribution in [0.3, 0.4) is 0 Å². The summed E-state index contributed by atoms with van der Waals surface area (Å²) >= 11 is 0. The number of nitrogens with one attached hydrogen (secondary N) is 2. The standard InChI is InChI=1S/C16H25N3O2/c1-13(19(3)12-10-15(20)17-2)16(21)18-11-9-14-7-5-4-6-8-14/h4-8,13H,9-12H2,1-3H3,(H,17,20)(H,18,21)/t13-/m1/s1. The van der Waals surface area contributed by atoms with Gasteiger partial charge in [0.2, 0.25) is 11.8 Å². The highest BCUT2D eigenvalue weighted by Crippen LogP contribution is 2.00. The molecule has 1 rings (SSSR count). The summed E-state index contributed by atoms with van der Waals surface area (Å²) in [5, 5.41) is 5.51. The molecule has 0 bridgehead atoms. The number of amides is 2. The van der Waals surface area contributed by atoms with Gasteiger partial charge in [-0.05, 0) is 26.0 Å². The van der Waals surface area contributed by atoms with Crippen LogP contribution in [-0.2, 0) is 16.0 Å². The Morgan fingerprint density at radius 3 is 2.52 bits per heavy atom.